The minimum Gasteiger partial charge on any atom is -0.459 e. The van der Waals surface area contributed by atoms with Crippen LogP contribution in [-0.4, -0.2) is 42.9 Å². The molecule has 0 aliphatic heterocycles. The molecule has 2 aromatic rings. The molecule has 1 atom stereocenters. The molecule has 0 saturated carbocycles. The van der Waals surface area contributed by atoms with E-state index in [-0.39, 0.29) is 5.76 Å². The van der Waals surface area contributed by atoms with Crippen LogP contribution >= 0.6 is 0 Å². The highest BCUT2D eigenvalue weighted by molar-refractivity contribution is 5.96. The summed E-state index contributed by atoms with van der Waals surface area (Å²) >= 11 is 0. The zero-order valence-electron chi connectivity index (χ0n) is 15.5. The van der Waals surface area contributed by atoms with Crippen LogP contribution in [0, 0.1) is 17.5 Å². The first-order valence-electron chi connectivity index (χ1n) is 8.41. The average molecular weight is 427 g/mol. The molecule has 0 radical (unpaired) electrons. The van der Waals surface area contributed by atoms with Gasteiger partial charge in [0.1, 0.15) is 6.54 Å². The third-order valence-corrected chi connectivity index (χ3v) is 3.55. The van der Waals surface area contributed by atoms with E-state index in [1.807, 2.05) is 5.32 Å². The molecular weight excluding hydrogens is 411 g/mol. The summed E-state index contributed by atoms with van der Waals surface area (Å²) in [5.41, 5.74) is -0.611. The maximum absolute atomic E-state index is 13.5. The Kier molecular flexibility index (Phi) is 7.56. The highest BCUT2D eigenvalue weighted by Crippen LogP contribution is 2.19. The summed E-state index contributed by atoms with van der Waals surface area (Å²) < 4.78 is 49.1. The molecule has 1 aromatic carbocycles. The molecule has 0 spiro atoms. The Balaban J connectivity index is 1.74. The summed E-state index contributed by atoms with van der Waals surface area (Å²) in [5.74, 6) is -8.16. The molecule has 1 unspecified atom stereocenters. The number of hydrogen-bond donors (Lipinski definition) is 3. The molecule has 0 fully saturated rings. The lowest BCUT2D eigenvalue weighted by Gasteiger charge is -2.14. The number of carbonyl (C=O) groups excluding carboxylic acids is 4. The lowest BCUT2D eigenvalue weighted by atomic mass is 10.2. The van der Waals surface area contributed by atoms with E-state index in [1.54, 1.807) is 0 Å². The maximum atomic E-state index is 13.5. The lowest BCUT2D eigenvalue weighted by molar-refractivity contribution is -0.153. The van der Waals surface area contributed by atoms with Gasteiger partial charge in [-0.05, 0) is 31.2 Å². The topological polar surface area (TPSA) is 127 Å². The third kappa shape index (κ3) is 6.09. The Morgan fingerprint density at radius 1 is 1.03 bits per heavy atom. The second kappa shape index (κ2) is 10.1. The van der Waals surface area contributed by atoms with Crippen molar-refractivity contribution < 1.29 is 41.5 Å². The number of rotatable bonds is 8. The van der Waals surface area contributed by atoms with Crippen molar-refractivity contribution in [1.82, 2.24) is 10.6 Å². The molecule has 9 nitrogen and oxygen atoms in total. The summed E-state index contributed by atoms with van der Waals surface area (Å²) in [6, 6.07) is 4.30. The van der Waals surface area contributed by atoms with Gasteiger partial charge in [-0.1, -0.05) is 0 Å². The van der Waals surface area contributed by atoms with Crippen LogP contribution in [0.25, 0.3) is 0 Å². The summed E-state index contributed by atoms with van der Waals surface area (Å²) in [5, 5.41) is 6.30. The molecule has 0 aliphatic carbocycles. The number of ether oxygens (including phenoxy) is 1. The Hall–Kier alpha value is -3.83. The van der Waals surface area contributed by atoms with E-state index >= 15 is 0 Å². The molecule has 0 aliphatic rings. The van der Waals surface area contributed by atoms with Crippen molar-refractivity contribution in [2.24, 2.45) is 0 Å². The van der Waals surface area contributed by atoms with Crippen LogP contribution in [0.1, 0.15) is 17.5 Å². The second-order valence-corrected chi connectivity index (χ2v) is 5.78. The molecule has 1 aromatic heterocycles. The second-order valence-electron chi connectivity index (χ2n) is 5.78. The molecular formula is C18H16F3N3O6. The standard InChI is InChI=1S/C18H16F3N3O6/c1-9(30-14(26)8-23-18(28)12-3-2-6-29-12)17(27)22-7-13(25)24-11-5-4-10(19)15(20)16(11)21/h2-6,9H,7-8H2,1H3,(H,22,27)(H,23,28)(H,24,25). The molecule has 1 heterocycles. The number of nitrogens with one attached hydrogen (secondary N) is 3. The predicted octanol–water partition coefficient (Wildman–Crippen LogP) is 1.11. The molecule has 30 heavy (non-hydrogen) atoms. The van der Waals surface area contributed by atoms with Gasteiger partial charge in [-0.2, -0.15) is 0 Å². The first-order valence-corrected chi connectivity index (χ1v) is 8.41. The average Bonchev–Trinajstić information content (AvgIpc) is 3.25. The minimum atomic E-state index is -1.75. The normalized spacial score (nSPS) is 11.3. The van der Waals surface area contributed by atoms with Gasteiger partial charge in [0.05, 0.1) is 18.5 Å². The van der Waals surface area contributed by atoms with Gasteiger partial charge in [0.25, 0.3) is 11.8 Å². The van der Waals surface area contributed by atoms with Gasteiger partial charge in [-0.15, -0.1) is 0 Å². The van der Waals surface area contributed by atoms with Crippen LogP contribution in [-0.2, 0) is 19.1 Å². The van der Waals surface area contributed by atoms with Crippen LogP contribution in [0.4, 0.5) is 18.9 Å². The van der Waals surface area contributed by atoms with Crippen LogP contribution in [0.5, 0.6) is 0 Å². The number of carbonyl (C=O) groups is 4. The fourth-order valence-corrected chi connectivity index (χ4v) is 2.07. The number of anilines is 1. The summed E-state index contributed by atoms with van der Waals surface area (Å²) in [7, 11) is 0. The van der Waals surface area contributed by atoms with Gasteiger partial charge >= 0.3 is 5.97 Å². The quantitative estimate of drug-likeness (QED) is 0.428. The van der Waals surface area contributed by atoms with Gasteiger partial charge in [0.15, 0.2) is 29.3 Å². The van der Waals surface area contributed by atoms with Crippen molar-refractivity contribution in [2.45, 2.75) is 13.0 Å². The number of hydrogen-bond acceptors (Lipinski definition) is 6. The van der Waals surface area contributed by atoms with Crippen molar-refractivity contribution in [1.29, 1.82) is 0 Å². The zero-order valence-corrected chi connectivity index (χ0v) is 15.5. The van der Waals surface area contributed by atoms with Crippen LogP contribution in [0.2, 0.25) is 0 Å². The molecule has 3 N–H and O–H groups in total. The SMILES string of the molecule is CC(OC(=O)CNC(=O)c1ccco1)C(=O)NCC(=O)Nc1ccc(F)c(F)c1F. The van der Waals surface area contributed by atoms with Gasteiger partial charge in [0, 0.05) is 0 Å². The van der Waals surface area contributed by atoms with E-state index < -0.39 is 66.0 Å². The van der Waals surface area contributed by atoms with E-state index in [0.717, 1.165) is 6.07 Å². The van der Waals surface area contributed by atoms with Gasteiger partial charge in [-0.3, -0.25) is 19.2 Å². The molecule has 0 bridgehead atoms. The molecule has 3 amide bonds. The molecule has 160 valence electrons. The van der Waals surface area contributed by atoms with E-state index in [4.69, 9.17) is 9.15 Å². The largest absolute Gasteiger partial charge is 0.459 e. The molecule has 2 rings (SSSR count). The lowest BCUT2D eigenvalue weighted by Crippen LogP contribution is -2.41. The number of benzene rings is 1. The Morgan fingerprint density at radius 2 is 1.77 bits per heavy atom. The van der Waals surface area contributed by atoms with Crippen LogP contribution < -0.4 is 16.0 Å². The van der Waals surface area contributed by atoms with E-state index in [1.165, 1.54) is 25.3 Å². The Morgan fingerprint density at radius 3 is 2.43 bits per heavy atom. The smallest absolute Gasteiger partial charge is 0.326 e. The maximum Gasteiger partial charge on any atom is 0.326 e. The molecule has 12 heteroatoms. The third-order valence-electron chi connectivity index (χ3n) is 3.55. The van der Waals surface area contributed by atoms with Crippen molar-refractivity contribution >= 4 is 29.4 Å². The fraction of sp³-hybridized carbons (Fsp3) is 0.222. The molecule has 0 saturated heterocycles. The minimum absolute atomic E-state index is 0.0166. The van der Waals surface area contributed by atoms with E-state index in [9.17, 15) is 32.3 Å². The first kappa shape index (κ1) is 22.5. The number of furan rings is 1. The summed E-state index contributed by atoms with van der Waals surface area (Å²) in [4.78, 5) is 46.9. The highest BCUT2D eigenvalue weighted by Gasteiger charge is 2.20. The van der Waals surface area contributed by atoms with Crippen molar-refractivity contribution in [2.75, 3.05) is 18.4 Å². The summed E-state index contributed by atoms with van der Waals surface area (Å²) in [6.07, 6.45) is -0.0395. The number of halogens is 3. The van der Waals surface area contributed by atoms with Crippen molar-refractivity contribution in [3.05, 3.63) is 53.7 Å². The van der Waals surface area contributed by atoms with E-state index in [0.29, 0.717) is 6.07 Å². The fourth-order valence-electron chi connectivity index (χ4n) is 2.07. The number of amides is 3. The van der Waals surface area contributed by atoms with Crippen molar-refractivity contribution in [3.63, 3.8) is 0 Å². The van der Waals surface area contributed by atoms with Gasteiger partial charge in [-0.25, -0.2) is 13.2 Å². The van der Waals surface area contributed by atoms with Gasteiger partial charge < -0.3 is 25.1 Å². The summed E-state index contributed by atoms with van der Waals surface area (Å²) in [6.45, 7) is 0.0238. The monoisotopic (exact) mass is 427 g/mol. The van der Waals surface area contributed by atoms with Crippen molar-refractivity contribution in [3.8, 4) is 0 Å². The zero-order chi connectivity index (χ0) is 22.3. The van der Waals surface area contributed by atoms with Crippen LogP contribution in [0.15, 0.2) is 34.9 Å². The highest BCUT2D eigenvalue weighted by atomic mass is 19.2. The number of esters is 1. The Bertz CT molecular complexity index is 949. The van der Waals surface area contributed by atoms with Crippen LogP contribution in [0.3, 0.4) is 0 Å². The van der Waals surface area contributed by atoms with E-state index in [2.05, 4.69) is 10.6 Å². The first-order chi connectivity index (χ1) is 14.2. The predicted molar refractivity (Wildman–Crippen MR) is 94.6 cm³/mol. The Labute approximate surface area is 167 Å². The van der Waals surface area contributed by atoms with Gasteiger partial charge in [0.2, 0.25) is 5.91 Å².